The molecule has 0 aliphatic rings. The molecule has 0 heterocycles. The van der Waals surface area contributed by atoms with Crippen LogP contribution in [-0.2, 0) is 0 Å². The van der Waals surface area contributed by atoms with Gasteiger partial charge in [0.25, 0.3) is 0 Å². The molecule has 0 saturated carbocycles. The Morgan fingerprint density at radius 3 is 2.20 bits per heavy atom. The zero-order valence-electron chi connectivity index (χ0n) is 4.67. The molecule has 0 aliphatic carbocycles. The molecule has 0 bridgehead atoms. The second-order valence-electron chi connectivity index (χ2n) is 1.68. The lowest BCUT2D eigenvalue weighted by Crippen LogP contribution is -1.88. The lowest BCUT2D eigenvalue weighted by molar-refractivity contribution is 0.576. The summed E-state index contributed by atoms with van der Waals surface area (Å²) >= 11 is 3.72. The van der Waals surface area contributed by atoms with Crippen molar-refractivity contribution >= 4 is 45.2 Å². The summed E-state index contributed by atoms with van der Waals surface area (Å²) in [5.74, 6) is -1.02. The minimum atomic E-state index is -0.526. The second-order valence-corrected chi connectivity index (χ2v) is 3.92. The van der Waals surface area contributed by atoms with Gasteiger partial charge in [-0.2, -0.15) is 0 Å². The Bertz CT molecular complexity index is 237. The molecule has 1 aromatic rings. The standard InChI is InChI=1S/C6H2F2I2/c7-3-1-4(8)6(10)5(9)2-3/h1-2H. The van der Waals surface area contributed by atoms with E-state index in [2.05, 4.69) is 0 Å². The summed E-state index contributed by atoms with van der Waals surface area (Å²) in [6, 6.07) is 2.18. The number of rotatable bonds is 0. The molecule has 54 valence electrons. The second kappa shape index (κ2) is 3.29. The summed E-state index contributed by atoms with van der Waals surface area (Å²) in [6.45, 7) is 0. The highest BCUT2D eigenvalue weighted by Crippen LogP contribution is 2.19. The van der Waals surface area contributed by atoms with E-state index < -0.39 is 11.6 Å². The van der Waals surface area contributed by atoms with Gasteiger partial charge in [-0.15, -0.1) is 0 Å². The van der Waals surface area contributed by atoms with Gasteiger partial charge in [-0.1, -0.05) is 0 Å². The van der Waals surface area contributed by atoms with Crippen molar-refractivity contribution in [2.75, 3.05) is 0 Å². The van der Waals surface area contributed by atoms with E-state index in [-0.39, 0.29) is 0 Å². The van der Waals surface area contributed by atoms with Gasteiger partial charge in [0.2, 0.25) is 0 Å². The van der Waals surface area contributed by atoms with E-state index in [0.717, 1.165) is 6.07 Å². The maximum Gasteiger partial charge on any atom is 0.140 e. The van der Waals surface area contributed by atoms with Gasteiger partial charge < -0.3 is 0 Å². The van der Waals surface area contributed by atoms with Crippen molar-refractivity contribution in [3.8, 4) is 0 Å². The molecule has 0 spiro atoms. The van der Waals surface area contributed by atoms with E-state index in [1.807, 2.05) is 45.2 Å². The van der Waals surface area contributed by atoms with Crippen LogP contribution in [0.5, 0.6) is 0 Å². The molecule has 1 aromatic carbocycles. The van der Waals surface area contributed by atoms with Crippen LogP contribution < -0.4 is 0 Å². The van der Waals surface area contributed by atoms with Crippen molar-refractivity contribution in [1.29, 1.82) is 0 Å². The first kappa shape index (κ1) is 8.63. The zero-order valence-corrected chi connectivity index (χ0v) is 8.98. The molecule has 0 aromatic heterocycles. The lowest BCUT2D eigenvalue weighted by atomic mass is 10.3. The molecule has 0 saturated heterocycles. The molecular formula is C6H2F2I2. The van der Waals surface area contributed by atoms with Gasteiger partial charge in [-0.3, -0.25) is 0 Å². The van der Waals surface area contributed by atoms with Gasteiger partial charge >= 0.3 is 0 Å². The first-order chi connectivity index (χ1) is 4.61. The molecule has 4 heteroatoms. The maximum absolute atomic E-state index is 12.6. The van der Waals surface area contributed by atoms with Gasteiger partial charge in [0.15, 0.2) is 0 Å². The Balaban J connectivity index is 3.31. The normalized spacial score (nSPS) is 10.0. The monoisotopic (exact) mass is 366 g/mol. The molecule has 10 heavy (non-hydrogen) atoms. The van der Waals surface area contributed by atoms with Crippen molar-refractivity contribution in [2.45, 2.75) is 0 Å². The molecule has 1 rings (SSSR count). The van der Waals surface area contributed by atoms with E-state index in [0.29, 0.717) is 7.14 Å². The molecule has 0 radical (unpaired) electrons. The van der Waals surface area contributed by atoms with Gasteiger partial charge in [0.1, 0.15) is 11.6 Å². The predicted molar refractivity (Wildman–Crippen MR) is 51.8 cm³/mol. The Kier molecular flexibility index (Phi) is 2.84. The van der Waals surface area contributed by atoms with Crippen LogP contribution in [-0.4, -0.2) is 0 Å². The van der Waals surface area contributed by atoms with Crippen LogP contribution in [0.25, 0.3) is 0 Å². The van der Waals surface area contributed by atoms with Crippen molar-refractivity contribution in [2.24, 2.45) is 0 Å². The third kappa shape index (κ3) is 1.77. The quantitative estimate of drug-likeness (QED) is 0.376. The third-order valence-corrected chi connectivity index (χ3v) is 3.93. The summed E-state index contributed by atoms with van der Waals surface area (Å²) in [5, 5.41) is 0. The zero-order chi connectivity index (χ0) is 7.72. The lowest BCUT2D eigenvalue weighted by Gasteiger charge is -1.96. The Morgan fingerprint density at radius 2 is 1.70 bits per heavy atom. The van der Waals surface area contributed by atoms with Crippen LogP contribution in [0.4, 0.5) is 8.78 Å². The van der Waals surface area contributed by atoms with Crippen molar-refractivity contribution in [3.05, 3.63) is 30.9 Å². The topological polar surface area (TPSA) is 0 Å². The SMILES string of the molecule is Fc1cc(F)c(I)c(I)c1. The maximum atomic E-state index is 12.6. The van der Waals surface area contributed by atoms with Gasteiger partial charge in [-0.25, -0.2) is 8.78 Å². The van der Waals surface area contributed by atoms with E-state index >= 15 is 0 Å². The van der Waals surface area contributed by atoms with Crippen LogP contribution in [0, 0.1) is 18.8 Å². The van der Waals surface area contributed by atoms with Crippen LogP contribution in [0.2, 0.25) is 0 Å². The summed E-state index contributed by atoms with van der Waals surface area (Å²) in [4.78, 5) is 0. The fourth-order valence-electron chi connectivity index (χ4n) is 0.525. The average molecular weight is 366 g/mol. The number of halogens is 4. The Labute approximate surface area is 84.3 Å². The highest BCUT2D eigenvalue weighted by molar-refractivity contribution is 14.1. The summed E-state index contributed by atoms with van der Waals surface area (Å²) in [5.41, 5.74) is 0. The van der Waals surface area contributed by atoms with Crippen LogP contribution in [0.15, 0.2) is 12.1 Å². The Morgan fingerprint density at radius 1 is 1.10 bits per heavy atom. The average Bonchev–Trinajstić information content (AvgIpc) is 1.82. The van der Waals surface area contributed by atoms with Gasteiger partial charge in [0, 0.05) is 9.64 Å². The molecule has 0 N–H and O–H groups in total. The first-order valence-electron chi connectivity index (χ1n) is 2.41. The predicted octanol–water partition coefficient (Wildman–Crippen LogP) is 3.17. The molecule has 0 fully saturated rings. The molecule has 0 nitrogen and oxygen atoms in total. The molecule has 0 unspecified atom stereocenters. The third-order valence-electron chi connectivity index (χ3n) is 0.949. The van der Waals surface area contributed by atoms with Crippen molar-refractivity contribution in [1.82, 2.24) is 0 Å². The fourth-order valence-corrected chi connectivity index (χ4v) is 1.39. The largest absolute Gasteiger partial charge is 0.207 e. The number of benzene rings is 1. The van der Waals surface area contributed by atoms with Gasteiger partial charge in [0.05, 0.1) is 3.57 Å². The minimum absolute atomic E-state index is 0.472. The van der Waals surface area contributed by atoms with E-state index in [9.17, 15) is 8.78 Å². The highest BCUT2D eigenvalue weighted by atomic mass is 127. The smallest absolute Gasteiger partial charge is 0.140 e. The van der Waals surface area contributed by atoms with Crippen LogP contribution in [0.3, 0.4) is 0 Å². The van der Waals surface area contributed by atoms with E-state index in [1.165, 1.54) is 6.07 Å². The van der Waals surface area contributed by atoms with Crippen LogP contribution >= 0.6 is 45.2 Å². The van der Waals surface area contributed by atoms with Crippen molar-refractivity contribution in [3.63, 3.8) is 0 Å². The first-order valence-corrected chi connectivity index (χ1v) is 4.57. The number of hydrogen-bond donors (Lipinski definition) is 0. The molecule has 0 atom stereocenters. The number of hydrogen-bond acceptors (Lipinski definition) is 0. The van der Waals surface area contributed by atoms with Gasteiger partial charge in [-0.05, 0) is 51.2 Å². The summed E-state index contributed by atoms with van der Waals surface area (Å²) < 4.78 is 26.0. The minimum Gasteiger partial charge on any atom is -0.207 e. The molecule has 0 amide bonds. The molecular weight excluding hydrogens is 364 g/mol. The van der Waals surface area contributed by atoms with Crippen LogP contribution in [0.1, 0.15) is 0 Å². The van der Waals surface area contributed by atoms with E-state index in [4.69, 9.17) is 0 Å². The summed E-state index contributed by atoms with van der Waals surface area (Å²) in [7, 11) is 0. The van der Waals surface area contributed by atoms with E-state index in [1.54, 1.807) is 0 Å². The highest BCUT2D eigenvalue weighted by Gasteiger charge is 2.04. The fraction of sp³-hybridized carbons (Fsp3) is 0. The summed E-state index contributed by atoms with van der Waals surface area (Å²) in [6.07, 6.45) is 0. The molecule has 0 aliphatic heterocycles. The van der Waals surface area contributed by atoms with Crippen molar-refractivity contribution < 1.29 is 8.78 Å². The Hall–Kier alpha value is 0.540.